The number of aromatic nitrogens is 1. The molecule has 0 radical (unpaired) electrons. The molecule has 0 saturated heterocycles. The molecule has 2 aromatic rings. The molecule has 0 spiro atoms. The van der Waals surface area contributed by atoms with Gasteiger partial charge in [0.25, 0.3) is 5.91 Å². The Morgan fingerprint density at radius 2 is 2.17 bits per heavy atom. The maximum Gasteiger partial charge on any atom is 0.253 e. The minimum absolute atomic E-state index is 0.107. The van der Waals surface area contributed by atoms with Gasteiger partial charge in [-0.05, 0) is 48.7 Å². The zero-order chi connectivity index (χ0) is 16.2. The fourth-order valence-electron chi connectivity index (χ4n) is 2.68. The average molecular weight is 313 g/mol. The lowest BCUT2D eigenvalue weighted by Gasteiger charge is -2.29. The third-order valence-electron chi connectivity index (χ3n) is 3.79. The normalized spacial score (nSPS) is 13.3. The van der Waals surface area contributed by atoms with Crippen molar-refractivity contribution < 1.29 is 14.0 Å². The summed E-state index contributed by atoms with van der Waals surface area (Å²) in [6, 6.07) is 7.71. The van der Waals surface area contributed by atoms with E-state index in [1.165, 1.54) is 18.3 Å². The molecule has 1 aromatic carbocycles. The summed E-state index contributed by atoms with van der Waals surface area (Å²) in [5, 5.41) is 2.59. The summed E-state index contributed by atoms with van der Waals surface area (Å²) in [5.41, 5.74) is 1.95. The van der Waals surface area contributed by atoms with Gasteiger partial charge in [-0.1, -0.05) is 0 Å². The number of hydrogen-bond acceptors (Lipinski definition) is 3. The number of aryl methyl sites for hydroxylation is 1. The molecule has 3 rings (SSSR count). The van der Waals surface area contributed by atoms with Gasteiger partial charge in [0.15, 0.2) is 0 Å². The van der Waals surface area contributed by atoms with Crippen LogP contribution in [0, 0.1) is 5.82 Å². The number of fused-ring (bicyclic) bond motifs is 1. The fourth-order valence-corrected chi connectivity index (χ4v) is 2.68. The first-order valence-electron chi connectivity index (χ1n) is 7.42. The maximum atomic E-state index is 13.3. The number of halogens is 1. The molecule has 0 unspecified atom stereocenters. The first-order chi connectivity index (χ1) is 11.1. The Hall–Kier alpha value is -2.76. The summed E-state index contributed by atoms with van der Waals surface area (Å²) in [5.74, 6) is -0.861. The standard InChI is InChI=1S/C17H16FN3O2/c18-14-5-6-15-12(9-14)4-2-8-21(15)16(22)11-20-17(23)13-3-1-7-19-10-13/h1,3,5-7,9-10H,2,4,8,11H2,(H,20,23). The molecule has 5 nitrogen and oxygen atoms in total. The summed E-state index contributed by atoms with van der Waals surface area (Å²) < 4.78 is 13.3. The van der Waals surface area contributed by atoms with E-state index >= 15 is 0 Å². The lowest BCUT2D eigenvalue weighted by Crippen LogP contribution is -2.42. The molecule has 6 heteroatoms. The highest BCUT2D eigenvalue weighted by molar-refractivity contribution is 6.00. The molecular weight excluding hydrogens is 297 g/mol. The molecule has 1 aromatic heterocycles. The first kappa shape index (κ1) is 15.1. The summed E-state index contributed by atoms with van der Waals surface area (Å²) in [4.78, 5) is 29.8. The van der Waals surface area contributed by atoms with Crippen LogP contribution in [0.1, 0.15) is 22.3 Å². The van der Waals surface area contributed by atoms with Crippen LogP contribution in [0.3, 0.4) is 0 Å². The Kier molecular flexibility index (Phi) is 4.32. The molecular formula is C17H16FN3O2. The molecule has 2 heterocycles. The monoisotopic (exact) mass is 313 g/mol. The van der Waals surface area contributed by atoms with Crippen molar-refractivity contribution in [3.63, 3.8) is 0 Å². The number of amides is 2. The van der Waals surface area contributed by atoms with Gasteiger partial charge in [-0.2, -0.15) is 0 Å². The third kappa shape index (κ3) is 3.36. The number of nitrogens with zero attached hydrogens (tertiary/aromatic N) is 2. The van der Waals surface area contributed by atoms with Crippen LogP contribution in [0.4, 0.5) is 10.1 Å². The Labute approximate surface area is 133 Å². The Balaban J connectivity index is 1.67. The number of carbonyl (C=O) groups excluding carboxylic acids is 2. The summed E-state index contributed by atoms with van der Waals surface area (Å²) >= 11 is 0. The van der Waals surface area contributed by atoms with Crippen LogP contribution in [0.5, 0.6) is 0 Å². The van der Waals surface area contributed by atoms with Gasteiger partial charge in [-0.3, -0.25) is 14.6 Å². The predicted molar refractivity (Wildman–Crippen MR) is 83.6 cm³/mol. The lowest BCUT2D eigenvalue weighted by molar-refractivity contribution is -0.117. The Bertz CT molecular complexity index is 734. The molecule has 0 aliphatic carbocycles. The molecule has 23 heavy (non-hydrogen) atoms. The average Bonchev–Trinajstić information content (AvgIpc) is 2.59. The lowest BCUT2D eigenvalue weighted by atomic mass is 10.0. The molecule has 1 aliphatic rings. The van der Waals surface area contributed by atoms with Crippen LogP contribution in [0.25, 0.3) is 0 Å². The van der Waals surface area contributed by atoms with Crippen LogP contribution < -0.4 is 10.2 Å². The van der Waals surface area contributed by atoms with E-state index in [0.29, 0.717) is 12.1 Å². The SMILES string of the molecule is O=C(NCC(=O)N1CCCc2cc(F)ccc21)c1cccnc1. The molecule has 1 N–H and O–H groups in total. The predicted octanol–water partition coefficient (Wildman–Crippen LogP) is 1.93. The number of pyridine rings is 1. The molecule has 0 bridgehead atoms. The third-order valence-corrected chi connectivity index (χ3v) is 3.79. The van der Waals surface area contributed by atoms with E-state index in [9.17, 15) is 14.0 Å². The second-order valence-electron chi connectivity index (χ2n) is 5.35. The number of benzene rings is 1. The largest absolute Gasteiger partial charge is 0.343 e. The van der Waals surface area contributed by atoms with Crippen molar-refractivity contribution >= 4 is 17.5 Å². The summed E-state index contributed by atoms with van der Waals surface area (Å²) in [6.45, 7) is 0.463. The van der Waals surface area contributed by atoms with Crippen molar-refractivity contribution in [2.45, 2.75) is 12.8 Å². The van der Waals surface area contributed by atoms with Gasteiger partial charge in [-0.25, -0.2) is 4.39 Å². The van der Waals surface area contributed by atoms with Crippen molar-refractivity contribution in [2.75, 3.05) is 18.0 Å². The first-order valence-corrected chi connectivity index (χ1v) is 7.42. The number of rotatable bonds is 3. The van der Waals surface area contributed by atoms with E-state index in [1.54, 1.807) is 29.3 Å². The summed E-state index contributed by atoms with van der Waals surface area (Å²) in [7, 11) is 0. The topological polar surface area (TPSA) is 62.3 Å². The van der Waals surface area contributed by atoms with Gasteiger partial charge in [0.1, 0.15) is 5.82 Å². The molecule has 118 valence electrons. The van der Waals surface area contributed by atoms with Gasteiger partial charge in [0.2, 0.25) is 5.91 Å². The van der Waals surface area contributed by atoms with Crippen molar-refractivity contribution in [3.05, 3.63) is 59.7 Å². The second kappa shape index (κ2) is 6.56. The van der Waals surface area contributed by atoms with Crippen molar-refractivity contribution in [1.82, 2.24) is 10.3 Å². The van der Waals surface area contributed by atoms with Crippen LogP contribution in [0.2, 0.25) is 0 Å². The molecule has 2 amide bonds. The van der Waals surface area contributed by atoms with E-state index in [2.05, 4.69) is 10.3 Å². The smallest absolute Gasteiger partial charge is 0.253 e. The van der Waals surface area contributed by atoms with Crippen LogP contribution in [-0.4, -0.2) is 29.9 Å². The summed E-state index contributed by atoms with van der Waals surface area (Å²) in [6.07, 6.45) is 4.54. The van der Waals surface area contributed by atoms with E-state index in [0.717, 1.165) is 24.1 Å². The molecule has 1 aliphatic heterocycles. The number of nitrogens with one attached hydrogen (secondary N) is 1. The minimum Gasteiger partial charge on any atom is -0.343 e. The Morgan fingerprint density at radius 1 is 1.30 bits per heavy atom. The van der Waals surface area contributed by atoms with Crippen LogP contribution in [0.15, 0.2) is 42.7 Å². The maximum absolute atomic E-state index is 13.3. The Morgan fingerprint density at radius 3 is 2.96 bits per heavy atom. The molecule has 0 fully saturated rings. The van der Waals surface area contributed by atoms with Gasteiger partial charge in [0.05, 0.1) is 12.1 Å². The second-order valence-corrected chi connectivity index (χ2v) is 5.35. The highest BCUT2D eigenvalue weighted by Gasteiger charge is 2.23. The highest BCUT2D eigenvalue weighted by atomic mass is 19.1. The number of anilines is 1. The van der Waals surface area contributed by atoms with Gasteiger partial charge < -0.3 is 10.2 Å². The van der Waals surface area contributed by atoms with E-state index in [-0.39, 0.29) is 24.2 Å². The van der Waals surface area contributed by atoms with E-state index in [4.69, 9.17) is 0 Å². The highest BCUT2D eigenvalue weighted by Crippen LogP contribution is 2.27. The fraction of sp³-hybridized carbons (Fsp3) is 0.235. The van der Waals surface area contributed by atoms with Gasteiger partial charge >= 0.3 is 0 Å². The van der Waals surface area contributed by atoms with E-state index < -0.39 is 0 Å². The number of carbonyl (C=O) groups is 2. The quantitative estimate of drug-likeness (QED) is 0.942. The van der Waals surface area contributed by atoms with Crippen molar-refractivity contribution in [3.8, 4) is 0 Å². The molecule has 0 atom stereocenters. The van der Waals surface area contributed by atoms with Gasteiger partial charge in [-0.15, -0.1) is 0 Å². The van der Waals surface area contributed by atoms with Crippen molar-refractivity contribution in [2.24, 2.45) is 0 Å². The number of hydrogen-bond donors (Lipinski definition) is 1. The van der Waals surface area contributed by atoms with Crippen LogP contribution >= 0.6 is 0 Å². The zero-order valence-electron chi connectivity index (χ0n) is 12.5. The van der Waals surface area contributed by atoms with Crippen LogP contribution in [-0.2, 0) is 11.2 Å². The molecule has 0 saturated carbocycles. The minimum atomic E-state index is -0.345. The van der Waals surface area contributed by atoms with Crippen molar-refractivity contribution in [1.29, 1.82) is 0 Å². The zero-order valence-corrected chi connectivity index (χ0v) is 12.5. The van der Waals surface area contributed by atoms with E-state index in [1.807, 2.05) is 0 Å². The van der Waals surface area contributed by atoms with Gasteiger partial charge in [0, 0.05) is 24.6 Å².